The lowest BCUT2D eigenvalue weighted by atomic mass is 9.68. The number of benzene rings is 1. The first-order valence-electron chi connectivity index (χ1n) is 6.64. The summed E-state index contributed by atoms with van der Waals surface area (Å²) in [7, 11) is 0. The quantitative estimate of drug-likeness (QED) is 0.834. The monoisotopic (exact) mass is 312 g/mol. The molecular weight excluding hydrogens is 299 g/mol. The van der Waals surface area contributed by atoms with Crippen LogP contribution in [0.2, 0.25) is 5.02 Å². The van der Waals surface area contributed by atoms with Crippen molar-refractivity contribution in [2.24, 2.45) is 5.92 Å². The first-order chi connectivity index (χ1) is 9.95. The Morgan fingerprint density at radius 2 is 2.14 bits per heavy atom. The number of carbonyl (C=O) groups is 2. The molecule has 2 N–H and O–H groups in total. The van der Waals surface area contributed by atoms with Crippen LogP contribution in [0, 0.1) is 11.7 Å². The van der Waals surface area contributed by atoms with Gasteiger partial charge < -0.3 is 10.4 Å². The van der Waals surface area contributed by atoms with E-state index < -0.39 is 17.4 Å². The van der Waals surface area contributed by atoms with E-state index >= 15 is 0 Å². The molecule has 0 radical (unpaired) electrons. The molecule has 1 saturated heterocycles. The molecule has 0 aromatic heterocycles. The molecule has 1 saturated carbocycles. The molecule has 0 atom stereocenters. The molecular formula is C14H14ClFN2O3. The van der Waals surface area contributed by atoms with Gasteiger partial charge in [-0.3, -0.25) is 9.69 Å². The van der Waals surface area contributed by atoms with Crippen molar-refractivity contribution in [3.8, 4) is 0 Å². The molecule has 5 nitrogen and oxygen atoms in total. The van der Waals surface area contributed by atoms with Crippen molar-refractivity contribution in [2.45, 2.75) is 24.9 Å². The van der Waals surface area contributed by atoms with Gasteiger partial charge in [0.25, 0.3) is 5.91 Å². The Bertz CT molecular complexity index is 616. The number of hydrogen-bond donors (Lipinski definition) is 2. The summed E-state index contributed by atoms with van der Waals surface area (Å²) in [6.07, 6.45) is 0.906. The summed E-state index contributed by atoms with van der Waals surface area (Å²) in [4.78, 5) is 25.5. The zero-order valence-electron chi connectivity index (χ0n) is 11.1. The summed E-state index contributed by atoms with van der Waals surface area (Å²) >= 11 is 5.70. The van der Waals surface area contributed by atoms with Crippen LogP contribution in [0.25, 0.3) is 0 Å². The molecule has 1 spiro atoms. The van der Waals surface area contributed by atoms with Gasteiger partial charge in [0.15, 0.2) is 0 Å². The van der Waals surface area contributed by atoms with Gasteiger partial charge in [0.2, 0.25) is 0 Å². The van der Waals surface area contributed by atoms with Crippen molar-refractivity contribution >= 4 is 23.5 Å². The molecule has 112 valence electrons. The highest BCUT2D eigenvalue weighted by Gasteiger charge is 2.58. The zero-order chi connectivity index (χ0) is 15.2. The number of nitrogens with one attached hydrogen (secondary N) is 1. The van der Waals surface area contributed by atoms with E-state index in [1.807, 2.05) is 0 Å². The summed E-state index contributed by atoms with van der Waals surface area (Å²) in [5.41, 5.74) is -0.283. The van der Waals surface area contributed by atoms with Crippen LogP contribution in [0.3, 0.4) is 0 Å². The van der Waals surface area contributed by atoms with Gasteiger partial charge in [0, 0.05) is 6.61 Å². The molecule has 0 bridgehead atoms. The highest BCUT2D eigenvalue weighted by Crippen LogP contribution is 2.42. The van der Waals surface area contributed by atoms with E-state index in [0.29, 0.717) is 18.4 Å². The molecule has 7 heteroatoms. The lowest BCUT2D eigenvalue weighted by Crippen LogP contribution is -2.57. The first kappa shape index (κ1) is 14.3. The van der Waals surface area contributed by atoms with Crippen LogP contribution in [0.4, 0.5) is 9.18 Å². The van der Waals surface area contributed by atoms with Crippen molar-refractivity contribution in [2.75, 3.05) is 6.61 Å². The first-order valence-corrected chi connectivity index (χ1v) is 7.02. The summed E-state index contributed by atoms with van der Waals surface area (Å²) in [6.45, 7) is 0.0642. The minimum Gasteiger partial charge on any atom is -0.396 e. The van der Waals surface area contributed by atoms with Crippen molar-refractivity contribution < 1.29 is 19.1 Å². The summed E-state index contributed by atoms with van der Waals surface area (Å²) < 4.78 is 13.1. The van der Waals surface area contributed by atoms with Crippen LogP contribution < -0.4 is 5.32 Å². The third-order valence-corrected chi connectivity index (χ3v) is 4.39. The van der Waals surface area contributed by atoms with Crippen LogP contribution >= 0.6 is 11.6 Å². The average molecular weight is 313 g/mol. The van der Waals surface area contributed by atoms with Crippen LogP contribution in [0.1, 0.15) is 18.4 Å². The fourth-order valence-corrected chi connectivity index (χ4v) is 3.18. The molecule has 1 aliphatic heterocycles. The number of halogens is 2. The Morgan fingerprint density at radius 1 is 1.43 bits per heavy atom. The second-order valence-electron chi connectivity index (χ2n) is 5.61. The van der Waals surface area contributed by atoms with Gasteiger partial charge in [-0.15, -0.1) is 0 Å². The Labute approximate surface area is 125 Å². The van der Waals surface area contributed by atoms with E-state index in [4.69, 9.17) is 16.7 Å². The number of imide groups is 1. The maximum atomic E-state index is 13.1. The summed E-state index contributed by atoms with van der Waals surface area (Å²) in [6, 6.07) is 3.64. The van der Waals surface area contributed by atoms with Gasteiger partial charge >= 0.3 is 6.03 Å². The van der Waals surface area contributed by atoms with E-state index in [0.717, 1.165) is 4.90 Å². The van der Waals surface area contributed by atoms with E-state index in [1.165, 1.54) is 18.2 Å². The van der Waals surface area contributed by atoms with Crippen molar-refractivity contribution in [1.29, 1.82) is 0 Å². The molecule has 21 heavy (non-hydrogen) atoms. The van der Waals surface area contributed by atoms with Gasteiger partial charge in [0.05, 0.1) is 11.6 Å². The van der Waals surface area contributed by atoms with Gasteiger partial charge in [-0.2, -0.15) is 0 Å². The van der Waals surface area contributed by atoms with Crippen LogP contribution in [0.15, 0.2) is 18.2 Å². The molecule has 2 fully saturated rings. The number of hydrogen-bond acceptors (Lipinski definition) is 3. The Morgan fingerprint density at radius 3 is 2.76 bits per heavy atom. The van der Waals surface area contributed by atoms with E-state index in [9.17, 15) is 14.0 Å². The highest BCUT2D eigenvalue weighted by molar-refractivity contribution is 6.30. The molecule has 1 aromatic rings. The summed E-state index contributed by atoms with van der Waals surface area (Å²) in [5.74, 6) is -0.786. The smallest absolute Gasteiger partial charge is 0.325 e. The predicted octanol–water partition coefficient (Wildman–Crippen LogP) is 1.67. The maximum Gasteiger partial charge on any atom is 0.325 e. The molecule has 2 aliphatic rings. The Hall–Kier alpha value is -1.66. The lowest BCUT2D eigenvalue weighted by molar-refractivity contribution is -0.137. The molecule has 1 aromatic carbocycles. The number of rotatable bonds is 3. The highest BCUT2D eigenvalue weighted by atomic mass is 35.5. The van der Waals surface area contributed by atoms with Gasteiger partial charge in [0.1, 0.15) is 11.4 Å². The SMILES string of the molecule is O=C1NC2(CC(CO)C2)C(=O)N1Cc1ccc(F)c(Cl)c1. The third kappa shape index (κ3) is 2.28. The Balaban J connectivity index is 1.75. The second-order valence-corrected chi connectivity index (χ2v) is 6.02. The van der Waals surface area contributed by atoms with Crippen molar-refractivity contribution in [1.82, 2.24) is 10.2 Å². The Kier molecular flexibility index (Phi) is 3.37. The van der Waals surface area contributed by atoms with Gasteiger partial charge in [-0.05, 0) is 36.5 Å². The zero-order valence-corrected chi connectivity index (χ0v) is 11.9. The number of aliphatic hydroxyl groups is 1. The van der Waals surface area contributed by atoms with Gasteiger partial charge in [-0.25, -0.2) is 9.18 Å². The maximum absolute atomic E-state index is 13.1. The lowest BCUT2D eigenvalue weighted by Gasteiger charge is -2.41. The second kappa shape index (κ2) is 4.96. The van der Waals surface area contributed by atoms with E-state index in [-0.39, 0.29) is 30.0 Å². The van der Waals surface area contributed by atoms with E-state index in [1.54, 1.807) is 0 Å². The van der Waals surface area contributed by atoms with Crippen molar-refractivity contribution in [3.63, 3.8) is 0 Å². The average Bonchev–Trinajstić information content (AvgIpc) is 2.65. The standard InChI is InChI=1S/C14H14ClFN2O3/c15-10-3-8(1-2-11(10)16)6-18-12(20)14(17-13(18)21)4-9(5-14)7-19/h1-3,9,19H,4-7H2,(H,17,21). The number of nitrogens with zero attached hydrogens (tertiary/aromatic N) is 1. The third-order valence-electron chi connectivity index (χ3n) is 4.10. The molecule has 0 unspecified atom stereocenters. The fraction of sp³-hybridized carbons (Fsp3) is 0.429. The molecule has 3 rings (SSSR count). The van der Waals surface area contributed by atoms with Gasteiger partial charge in [-0.1, -0.05) is 17.7 Å². The number of carbonyl (C=O) groups excluding carboxylic acids is 2. The van der Waals surface area contributed by atoms with Crippen LogP contribution in [-0.4, -0.2) is 34.1 Å². The largest absolute Gasteiger partial charge is 0.396 e. The minimum absolute atomic E-state index is 0.0124. The summed E-state index contributed by atoms with van der Waals surface area (Å²) in [5, 5.41) is 11.7. The predicted molar refractivity (Wildman–Crippen MR) is 73.0 cm³/mol. The number of urea groups is 1. The normalized spacial score (nSPS) is 28.0. The van der Waals surface area contributed by atoms with E-state index in [2.05, 4.69) is 5.32 Å². The molecule has 3 amide bonds. The minimum atomic E-state index is -0.867. The van der Waals surface area contributed by atoms with Crippen molar-refractivity contribution in [3.05, 3.63) is 34.6 Å². The topological polar surface area (TPSA) is 69.6 Å². The number of aliphatic hydroxyl groups excluding tert-OH is 1. The fourth-order valence-electron chi connectivity index (χ4n) is 2.97. The number of amides is 3. The molecule has 1 aliphatic carbocycles. The molecule has 1 heterocycles. The van der Waals surface area contributed by atoms with Crippen LogP contribution in [0.5, 0.6) is 0 Å². The van der Waals surface area contributed by atoms with Crippen LogP contribution in [-0.2, 0) is 11.3 Å².